The Morgan fingerprint density at radius 3 is 1.88 bits per heavy atom. The van der Waals surface area contributed by atoms with Crippen molar-refractivity contribution in [3.05, 3.63) is 23.3 Å². The van der Waals surface area contributed by atoms with E-state index in [4.69, 9.17) is 0 Å². The summed E-state index contributed by atoms with van der Waals surface area (Å²) in [6, 6.07) is 3.80. The summed E-state index contributed by atoms with van der Waals surface area (Å²) in [5.41, 5.74) is 1.95. The van der Waals surface area contributed by atoms with Gasteiger partial charge in [0.05, 0.1) is 6.26 Å². The number of hydrogen-bond donors (Lipinski definition) is 2. The maximum Gasteiger partial charge on any atom is 0.231 e. The van der Waals surface area contributed by atoms with Crippen LogP contribution in [0.15, 0.2) is 12.1 Å². The molecule has 0 spiro atoms. The molecular formula is C17H25N3O3S2. The molecule has 2 N–H and O–H groups in total. The van der Waals surface area contributed by atoms with Gasteiger partial charge in [-0.3, -0.25) is 4.72 Å². The second kappa shape index (κ2) is 6.25. The number of rotatable bonds is 3. The summed E-state index contributed by atoms with van der Waals surface area (Å²) in [7, 11) is -3.40. The number of phenolic OH excluding ortho intramolecular Hbond substituents is 1. The summed E-state index contributed by atoms with van der Waals surface area (Å²) in [5.74, 6) is 0.294. The van der Waals surface area contributed by atoms with Gasteiger partial charge in [-0.25, -0.2) is 8.42 Å². The van der Waals surface area contributed by atoms with Crippen LogP contribution in [-0.2, 0) is 20.9 Å². The van der Waals surface area contributed by atoms with Gasteiger partial charge in [-0.1, -0.05) is 52.9 Å². The molecule has 1 aromatic carbocycles. The van der Waals surface area contributed by atoms with Crippen LogP contribution < -0.4 is 4.72 Å². The number of aromatic nitrogens is 2. The Balaban J connectivity index is 2.62. The molecule has 0 unspecified atom stereocenters. The first-order valence-corrected chi connectivity index (χ1v) is 10.6. The largest absolute Gasteiger partial charge is 0.507 e. The molecule has 25 heavy (non-hydrogen) atoms. The molecule has 0 fully saturated rings. The first-order valence-electron chi connectivity index (χ1n) is 7.88. The predicted molar refractivity (Wildman–Crippen MR) is 103 cm³/mol. The molecule has 0 saturated heterocycles. The number of aromatic hydroxyl groups is 1. The summed E-state index contributed by atoms with van der Waals surface area (Å²) in [5, 5.41) is 19.6. The first-order chi connectivity index (χ1) is 11.2. The minimum atomic E-state index is -3.40. The molecule has 0 atom stereocenters. The molecule has 2 aromatic rings. The highest BCUT2D eigenvalue weighted by Gasteiger charge is 2.27. The van der Waals surface area contributed by atoms with E-state index >= 15 is 0 Å². The van der Waals surface area contributed by atoms with Crippen LogP contribution in [0.1, 0.15) is 52.7 Å². The Labute approximate surface area is 153 Å². The minimum absolute atomic E-state index is 0.222. The van der Waals surface area contributed by atoms with Crippen molar-refractivity contribution < 1.29 is 13.5 Å². The standard InChI is InChI=1S/C17H25N3O3S2/c1-16(2,3)11-8-10(9-12(13(11)21)17(4,5)6)14-18-19-15(24-14)20-25(7,22)23/h8-9,21H,1-7H3,(H,19,20). The second-order valence-electron chi connectivity index (χ2n) is 8.21. The fourth-order valence-electron chi connectivity index (χ4n) is 2.44. The number of benzene rings is 1. The van der Waals surface area contributed by atoms with Crippen LogP contribution in [0, 0.1) is 0 Å². The van der Waals surface area contributed by atoms with Gasteiger partial charge in [0.2, 0.25) is 15.2 Å². The lowest BCUT2D eigenvalue weighted by molar-refractivity contribution is 0.423. The number of phenols is 1. The smallest absolute Gasteiger partial charge is 0.231 e. The van der Waals surface area contributed by atoms with Gasteiger partial charge < -0.3 is 5.11 Å². The maximum absolute atomic E-state index is 11.4. The van der Waals surface area contributed by atoms with Crippen molar-refractivity contribution in [1.29, 1.82) is 0 Å². The Morgan fingerprint density at radius 1 is 1.00 bits per heavy atom. The highest BCUT2D eigenvalue weighted by molar-refractivity contribution is 7.92. The SMILES string of the molecule is CC(C)(C)c1cc(-c2nnc(NS(C)(=O)=O)s2)cc(C(C)(C)C)c1O. The highest BCUT2D eigenvalue weighted by atomic mass is 32.2. The number of nitrogens with one attached hydrogen (secondary N) is 1. The highest BCUT2D eigenvalue weighted by Crippen LogP contribution is 2.42. The van der Waals surface area contributed by atoms with Crippen molar-refractivity contribution in [2.45, 2.75) is 52.4 Å². The summed E-state index contributed by atoms with van der Waals surface area (Å²) in [6.45, 7) is 12.2. The number of hydrogen-bond acceptors (Lipinski definition) is 6. The average molecular weight is 384 g/mol. The van der Waals surface area contributed by atoms with Gasteiger partial charge in [0.1, 0.15) is 10.8 Å². The van der Waals surface area contributed by atoms with E-state index in [-0.39, 0.29) is 16.0 Å². The summed E-state index contributed by atoms with van der Waals surface area (Å²) in [4.78, 5) is 0. The lowest BCUT2D eigenvalue weighted by Crippen LogP contribution is -2.17. The molecule has 1 aromatic heterocycles. The Morgan fingerprint density at radius 2 is 1.48 bits per heavy atom. The monoisotopic (exact) mass is 383 g/mol. The van der Waals surface area contributed by atoms with Gasteiger partial charge in [-0.15, -0.1) is 10.2 Å². The topological polar surface area (TPSA) is 92.2 Å². The van der Waals surface area contributed by atoms with Gasteiger partial charge in [0, 0.05) is 16.7 Å². The van der Waals surface area contributed by atoms with Gasteiger partial charge in [0.25, 0.3) is 0 Å². The van der Waals surface area contributed by atoms with E-state index in [1.807, 2.05) is 53.7 Å². The van der Waals surface area contributed by atoms with Gasteiger partial charge in [-0.05, 0) is 23.0 Å². The van der Waals surface area contributed by atoms with Crippen LogP contribution in [-0.4, -0.2) is 30.0 Å². The molecule has 6 nitrogen and oxygen atoms in total. The van der Waals surface area contributed by atoms with Crippen molar-refractivity contribution in [3.8, 4) is 16.3 Å². The van der Waals surface area contributed by atoms with Crippen molar-refractivity contribution in [3.63, 3.8) is 0 Å². The summed E-state index contributed by atoms with van der Waals surface area (Å²) in [6.07, 6.45) is 1.07. The zero-order valence-electron chi connectivity index (χ0n) is 15.6. The Hall–Kier alpha value is -1.67. The van der Waals surface area contributed by atoms with E-state index in [2.05, 4.69) is 14.9 Å². The van der Waals surface area contributed by atoms with E-state index in [1.54, 1.807) is 0 Å². The van der Waals surface area contributed by atoms with Crippen molar-refractivity contribution in [1.82, 2.24) is 10.2 Å². The molecule has 2 rings (SSSR count). The van der Waals surface area contributed by atoms with Crippen LogP contribution in [0.4, 0.5) is 5.13 Å². The molecule has 0 aliphatic rings. The van der Waals surface area contributed by atoms with Gasteiger partial charge in [-0.2, -0.15) is 0 Å². The van der Waals surface area contributed by atoms with E-state index in [9.17, 15) is 13.5 Å². The summed E-state index contributed by atoms with van der Waals surface area (Å²) >= 11 is 1.16. The normalized spacial score (nSPS) is 13.1. The molecule has 1 heterocycles. The van der Waals surface area contributed by atoms with Crippen LogP contribution in [0.25, 0.3) is 10.6 Å². The summed E-state index contributed by atoms with van der Waals surface area (Å²) < 4.78 is 25.1. The molecule has 0 aliphatic heterocycles. The number of sulfonamides is 1. The van der Waals surface area contributed by atoms with Crippen molar-refractivity contribution >= 4 is 26.5 Å². The quantitative estimate of drug-likeness (QED) is 0.839. The van der Waals surface area contributed by atoms with Gasteiger partial charge in [0.15, 0.2) is 0 Å². The lowest BCUT2D eigenvalue weighted by atomic mass is 9.78. The lowest BCUT2D eigenvalue weighted by Gasteiger charge is -2.27. The van der Waals surface area contributed by atoms with E-state index in [1.165, 1.54) is 0 Å². The van der Waals surface area contributed by atoms with E-state index < -0.39 is 10.0 Å². The third-order valence-electron chi connectivity index (χ3n) is 3.67. The second-order valence-corrected chi connectivity index (χ2v) is 10.9. The van der Waals surface area contributed by atoms with Crippen LogP contribution in [0.3, 0.4) is 0 Å². The fourth-order valence-corrected chi connectivity index (χ4v) is 4.00. The zero-order chi connectivity index (χ0) is 19.2. The molecule has 0 bridgehead atoms. The average Bonchev–Trinajstić information content (AvgIpc) is 2.82. The van der Waals surface area contributed by atoms with Crippen LogP contribution in [0.2, 0.25) is 0 Å². The number of anilines is 1. The van der Waals surface area contributed by atoms with Crippen LogP contribution >= 0.6 is 11.3 Å². The Kier molecular flexibility index (Phi) is 4.91. The minimum Gasteiger partial charge on any atom is -0.507 e. The van der Waals surface area contributed by atoms with Crippen LogP contribution in [0.5, 0.6) is 5.75 Å². The fraction of sp³-hybridized carbons (Fsp3) is 0.529. The predicted octanol–water partition coefficient (Wildman–Crippen LogP) is 3.88. The number of nitrogens with zero attached hydrogens (tertiary/aromatic N) is 2. The molecule has 0 saturated carbocycles. The maximum atomic E-state index is 11.4. The first kappa shape index (κ1) is 19.7. The molecular weight excluding hydrogens is 358 g/mol. The molecule has 8 heteroatoms. The van der Waals surface area contributed by atoms with Gasteiger partial charge >= 0.3 is 0 Å². The zero-order valence-corrected chi connectivity index (χ0v) is 17.3. The molecule has 0 radical (unpaired) electrons. The van der Waals surface area contributed by atoms with Crippen molar-refractivity contribution in [2.24, 2.45) is 0 Å². The third kappa shape index (κ3) is 4.70. The Bertz CT molecular complexity index is 854. The molecule has 0 aliphatic carbocycles. The molecule has 0 amide bonds. The van der Waals surface area contributed by atoms with E-state index in [0.29, 0.717) is 10.8 Å². The van der Waals surface area contributed by atoms with E-state index in [0.717, 1.165) is 34.3 Å². The third-order valence-corrected chi connectivity index (χ3v) is 5.25. The van der Waals surface area contributed by atoms with Crippen molar-refractivity contribution in [2.75, 3.05) is 11.0 Å². The molecule has 138 valence electrons.